The van der Waals surface area contributed by atoms with Crippen LogP contribution in [-0.4, -0.2) is 0 Å². The van der Waals surface area contributed by atoms with Gasteiger partial charge in [-0.2, -0.15) is 13.2 Å². The van der Waals surface area contributed by atoms with E-state index in [0.717, 1.165) is 21.8 Å². The Morgan fingerprint density at radius 2 is 1.67 bits per heavy atom. The molecule has 0 amide bonds. The van der Waals surface area contributed by atoms with E-state index >= 15 is 0 Å². The average molecular weight is 308 g/mol. The van der Waals surface area contributed by atoms with Crippen LogP contribution >= 0.6 is 11.3 Å². The molecular formula is C15H11F3N2S. The van der Waals surface area contributed by atoms with Crippen molar-refractivity contribution >= 4 is 38.5 Å². The van der Waals surface area contributed by atoms with Gasteiger partial charge in [-0.05, 0) is 53.2 Å². The second-order valence-corrected chi connectivity index (χ2v) is 5.55. The molecule has 3 N–H and O–H groups in total. The zero-order valence-electron chi connectivity index (χ0n) is 10.7. The highest BCUT2D eigenvalue weighted by Crippen LogP contribution is 2.36. The van der Waals surface area contributed by atoms with E-state index in [2.05, 4.69) is 5.32 Å². The fraction of sp³-hybridized carbons (Fsp3) is 0.0667. The Morgan fingerprint density at radius 1 is 0.952 bits per heavy atom. The minimum Gasteiger partial charge on any atom is -0.398 e. The summed E-state index contributed by atoms with van der Waals surface area (Å²) in [7, 11) is 0. The summed E-state index contributed by atoms with van der Waals surface area (Å²) in [4.78, 5) is 0. The molecule has 2 nitrogen and oxygen atoms in total. The first kappa shape index (κ1) is 13.8. The number of halogens is 3. The molecule has 0 fully saturated rings. The van der Waals surface area contributed by atoms with E-state index in [4.69, 9.17) is 5.73 Å². The summed E-state index contributed by atoms with van der Waals surface area (Å²) in [6.07, 6.45) is -4.46. The maximum absolute atomic E-state index is 12.8. The molecular weight excluding hydrogens is 297 g/mol. The van der Waals surface area contributed by atoms with Gasteiger partial charge in [-0.25, -0.2) is 0 Å². The van der Waals surface area contributed by atoms with E-state index in [1.54, 1.807) is 11.3 Å². The lowest BCUT2D eigenvalue weighted by atomic mass is 10.1. The molecule has 0 aliphatic rings. The number of alkyl halides is 3. The van der Waals surface area contributed by atoms with Gasteiger partial charge in [0.15, 0.2) is 0 Å². The van der Waals surface area contributed by atoms with Gasteiger partial charge in [-0.3, -0.25) is 0 Å². The SMILES string of the molecule is Nc1ccc(Nc2ccc3sccc3c2)cc1C(F)(F)F. The van der Waals surface area contributed by atoms with Gasteiger partial charge in [0.2, 0.25) is 0 Å². The van der Waals surface area contributed by atoms with Gasteiger partial charge < -0.3 is 11.1 Å². The van der Waals surface area contributed by atoms with Crippen molar-refractivity contribution in [3.05, 3.63) is 53.4 Å². The van der Waals surface area contributed by atoms with Crippen molar-refractivity contribution in [1.82, 2.24) is 0 Å². The van der Waals surface area contributed by atoms with Gasteiger partial charge in [0.1, 0.15) is 0 Å². The van der Waals surface area contributed by atoms with Crippen LogP contribution in [0.3, 0.4) is 0 Å². The molecule has 108 valence electrons. The maximum atomic E-state index is 12.8. The van der Waals surface area contributed by atoms with Gasteiger partial charge in [0.25, 0.3) is 0 Å². The van der Waals surface area contributed by atoms with Crippen LogP contribution in [0.1, 0.15) is 5.56 Å². The molecule has 3 aromatic rings. The Balaban J connectivity index is 1.94. The van der Waals surface area contributed by atoms with E-state index in [1.165, 1.54) is 12.1 Å². The second kappa shape index (κ2) is 4.96. The highest BCUT2D eigenvalue weighted by molar-refractivity contribution is 7.17. The van der Waals surface area contributed by atoms with Crippen LogP contribution in [0.2, 0.25) is 0 Å². The van der Waals surface area contributed by atoms with Crippen molar-refractivity contribution in [2.45, 2.75) is 6.18 Å². The number of thiophene rings is 1. The molecule has 0 aliphatic heterocycles. The molecule has 0 spiro atoms. The fourth-order valence-electron chi connectivity index (χ4n) is 2.09. The van der Waals surface area contributed by atoms with Crippen molar-refractivity contribution in [3.8, 4) is 0 Å². The predicted octanol–water partition coefficient (Wildman–Crippen LogP) is 5.25. The van der Waals surface area contributed by atoms with E-state index in [0.29, 0.717) is 5.69 Å². The van der Waals surface area contributed by atoms with Gasteiger partial charge in [0, 0.05) is 21.8 Å². The zero-order valence-corrected chi connectivity index (χ0v) is 11.6. The van der Waals surface area contributed by atoms with E-state index < -0.39 is 11.7 Å². The van der Waals surface area contributed by atoms with Crippen molar-refractivity contribution in [1.29, 1.82) is 0 Å². The Morgan fingerprint density at radius 3 is 2.43 bits per heavy atom. The number of anilines is 3. The molecule has 0 saturated heterocycles. The molecule has 0 saturated carbocycles. The highest BCUT2D eigenvalue weighted by atomic mass is 32.1. The lowest BCUT2D eigenvalue weighted by molar-refractivity contribution is -0.136. The maximum Gasteiger partial charge on any atom is 0.418 e. The van der Waals surface area contributed by atoms with E-state index in [-0.39, 0.29) is 5.69 Å². The van der Waals surface area contributed by atoms with Gasteiger partial charge in [0.05, 0.1) is 5.56 Å². The van der Waals surface area contributed by atoms with Gasteiger partial charge in [-0.1, -0.05) is 0 Å². The molecule has 3 rings (SSSR count). The lowest BCUT2D eigenvalue weighted by Gasteiger charge is -2.13. The molecule has 0 bridgehead atoms. The zero-order chi connectivity index (χ0) is 15.0. The molecule has 0 aliphatic carbocycles. The van der Waals surface area contributed by atoms with Crippen LogP contribution in [0.4, 0.5) is 30.2 Å². The Bertz CT molecular complexity index is 793. The quantitative estimate of drug-likeness (QED) is 0.635. The molecule has 1 aromatic heterocycles. The number of nitrogen functional groups attached to an aromatic ring is 1. The van der Waals surface area contributed by atoms with Gasteiger partial charge >= 0.3 is 6.18 Å². The summed E-state index contributed by atoms with van der Waals surface area (Å²) in [6, 6.07) is 11.4. The molecule has 0 atom stereocenters. The van der Waals surface area contributed by atoms with E-state index in [1.807, 2.05) is 29.6 Å². The largest absolute Gasteiger partial charge is 0.418 e. The van der Waals surface area contributed by atoms with E-state index in [9.17, 15) is 13.2 Å². The molecule has 6 heteroatoms. The average Bonchev–Trinajstić information content (AvgIpc) is 2.87. The number of nitrogens with one attached hydrogen (secondary N) is 1. The molecule has 0 radical (unpaired) electrons. The normalized spacial score (nSPS) is 11.8. The summed E-state index contributed by atoms with van der Waals surface area (Å²) in [5.74, 6) is 0. The Kier molecular flexibility index (Phi) is 3.25. The number of hydrogen-bond acceptors (Lipinski definition) is 3. The summed E-state index contributed by atoms with van der Waals surface area (Å²) >= 11 is 1.62. The smallest absolute Gasteiger partial charge is 0.398 e. The monoisotopic (exact) mass is 308 g/mol. The number of fused-ring (bicyclic) bond motifs is 1. The van der Waals surface area contributed by atoms with Crippen molar-refractivity contribution in [2.24, 2.45) is 0 Å². The number of rotatable bonds is 2. The first-order chi connectivity index (χ1) is 9.93. The minimum absolute atomic E-state index is 0.277. The third-order valence-corrected chi connectivity index (χ3v) is 4.00. The van der Waals surface area contributed by atoms with Crippen LogP contribution in [0.15, 0.2) is 47.8 Å². The fourth-order valence-corrected chi connectivity index (χ4v) is 2.86. The Labute approximate surface area is 123 Å². The minimum atomic E-state index is -4.46. The van der Waals surface area contributed by atoms with Crippen LogP contribution < -0.4 is 11.1 Å². The highest BCUT2D eigenvalue weighted by Gasteiger charge is 2.33. The molecule has 1 heterocycles. The standard InChI is InChI=1S/C15H11F3N2S/c16-15(17,18)12-8-11(1-3-13(12)19)20-10-2-4-14-9(7-10)5-6-21-14/h1-8,20H,19H2. The Hall–Kier alpha value is -2.21. The van der Waals surface area contributed by atoms with Gasteiger partial charge in [-0.15, -0.1) is 11.3 Å². The summed E-state index contributed by atoms with van der Waals surface area (Å²) in [5, 5.41) is 6.00. The van der Waals surface area contributed by atoms with Crippen molar-refractivity contribution < 1.29 is 13.2 Å². The lowest BCUT2D eigenvalue weighted by Crippen LogP contribution is -2.09. The summed E-state index contributed by atoms with van der Waals surface area (Å²) < 4.78 is 39.6. The topological polar surface area (TPSA) is 38.0 Å². The summed E-state index contributed by atoms with van der Waals surface area (Å²) in [6.45, 7) is 0. The number of benzene rings is 2. The molecule has 2 aromatic carbocycles. The number of nitrogens with two attached hydrogens (primary N) is 1. The predicted molar refractivity (Wildman–Crippen MR) is 81.0 cm³/mol. The van der Waals surface area contributed by atoms with Crippen molar-refractivity contribution in [2.75, 3.05) is 11.1 Å². The third-order valence-electron chi connectivity index (χ3n) is 3.10. The third kappa shape index (κ3) is 2.80. The first-order valence-corrected chi connectivity index (χ1v) is 7.02. The van der Waals surface area contributed by atoms with Crippen LogP contribution in [0, 0.1) is 0 Å². The molecule has 0 unspecified atom stereocenters. The summed E-state index contributed by atoms with van der Waals surface area (Å²) in [5.41, 5.74) is 5.36. The second-order valence-electron chi connectivity index (χ2n) is 4.60. The van der Waals surface area contributed by atoms with Crippen LogP contribution in [0.5, 0.6) is 0 Å². The van der Waals surface area contributed by atoms with Crippen LogP contribution in [-0.2, 0) is 6.18 Å². The molecule has 21 heavy (non-hydrogen) atoms. The number of hydrogen-bond donors (Lipinski definition) is 2. The first-order valence-electron chi connectivity index (χ1n) is 6.14. The van der Waals surface area contributed by atoms with Crippen molar-refractivity contribution in [3.63, 3.8) is 0 Å². The van der Waals surface area contributed by atoms with Crippen LogP contribution in [0.25, 0.3) is 10.1 Å².